The standard InChI is InChI=1S/C16H18ClNO4S/c1-12-3-4-13(11-16(12)17)18-23(19,20)15-7-5-14(6-8-15)22-10-9-21-2/h3-8,11,18H,9-10H2,1-2H3. The number of methoxy groups -OCH3 is 1. The number of halogens is 1. The minimum absolute atomic E-state index is 0.147. The normalized spacial score (nSPS) is 11.3. The van der Waals surface area contributed by atoms with Crippen molar-refractivity contribution in [3.63, 3.8) is 0 Å². The Kier molecular flexibility index (Phi) is 5.87. The Hall–Kier alpha value is -1.76. The van der Waals surface area contributed by atoms with Crippen LogP contribution in [0.1, 0.15) is 5.56 Å². The van der Waals surface area contributed by atoms with Crippen LogP contribution in [0.25, 0.3) is 0 Å². The van der Waals surface area contributed by atoms with E-state index in [1.807, 2.05) is 6.92 Å². The lowest BCUT2D eigenvalue weighted by Crippen LogP contribution is -2.13. The van der Waals surface area contributed by atoms with Gasteiger partial charge in [0.15, 0.2) is 0 Å². The Bertz CT molecular complexity index is 760. The number of sulfonamides is 1. The lowest BCUT2D eigenvalue weighted by atomic mass is 10.2. The zero-order chi connectivity index (χ0) is 16.9. The molecule has 0 saturated heterocycles. The average molecular weight is 356 g/mol. The van der Waals surface area contributed by atoms with Crippen molar-refractivity contribution in [2.75, 3.05) is 25.0 Å². The van der Waals surface area contributed by atoms with Crippen molar-refractivity contribution in [3.05, 3.63) is 53.1 Å². The number of anilines is 1. The summed E-state index contributed by atoms with van der Waals surface area (Å²) in [4.78, 5) is 0.147. The SMILES string of the molecule is COCCOc1ccc(S(=O)(=O)Nc2ccc(C)c(Cl)c2)cc1. The number of hydrogen-bond donors (Lipinski definition) is 1. The van der Waals surface area contributed by atoms with E-state index in [4.69, 9.17) is 21.1 Å². The first-order valence-electron chi connectivity index (χ1n) is 6.93. The van der Waals surface area contributed by atoms with E-state index >= 15 is 0 Å². The molecule has 0 unspecified atom stereocenters. The zero-order valence-electron chi connectivity index (χ0n) is 12.9. The van der Waals surface area contributed by atoms with Gasteiger partial charge in [-0.3, -0.25) is 4.72 Å². The van der Waals surface area contributed by atoms with Crippen LogP contribution in [0.15, 0.2) is 47.4 Å². The van der Waals surface area contributed by atoms with Crippen molar-refractivity contribution in [3.8, 4) is 5.75 Å². The van der Waals surface area contributed by atoms with Crippen molar-refractivity contribution < 1.29 is 17.9 Å². The number of nitrogens with one attached hydrogen (secondary N) is 1. The molecule has 0 atom stereocenters. The van der Waals surface area contributed by atoms with Crippen LogP contribution in [0.5, 0.6) is 5.75 Å². The predicted molar refractivity (Wildman–Crippen MR) is 90.8 cm³/mol. The third-order valence-electron chi connectivity index (χ3n) is 3.11. The molecular formula is C16H18ClNO4S. The van der Waals surface area contributed by atoms with E-state index in [9.17, 15) is 8.42 Å². The number of rotatable bonds is 7. The largest absolute Gasteiger partial charge is 0.491 e. The summed E-state index contributed by atoms with van der Waals surface area (Å²) in [7, 11) is -2.09. The van der Waals surface area contributed by atoms with E-state index in [0.717, 1.165) is 5.56 Å². The first-order valence-corrected chi connectivity index (χ1v) is 8.79. The van der Waals surface area contributed by atoms with Gasteiger partial charge in [0, 0.05) is 12.1 Å². The third-order valence-corrected chi connectivity index (χ3v) is 4.92. The van der Waals surface area contributed by atoms with E-state index in [2.05, 4.69) is 4.72 Å². The maximum atomic E-state index is 12.4. The van der Waals surface area contributed by atoms with Gasteiger partial charge >= 0.3 is 0 Å². The van der Waals surface area contributed by atoms with Crippen molar-refractivity contribution in [2.45, 2.75) is 11.8 Å². The molecule has 0 aliphatic carbocycles. The first kappa shape index (κ1) is 17.6. The summed E-state index contributed by atoms with van der Waals surface area (Å²) in [6, 6.07) is 11.2. The molecule has 5 nitrogen and oxygen atoms in total. The van der Waals surface area contributed by atoms with Crippen molar-refractivity contribution in [2.24, 2.45) is 0 Å². The van der Waals surface area contributed by atoms with E-state index in [0.29, 0.717) is 29.7 Å². The number of benzene rings is 2. The molecule has 124 valence electrons. The van der Waals surface area contributed by atoms with Gasteiger partial charge in [-0.1, -0.05) is 17.7 Å². The van der Waals surface area contributed by atoms with Gasteiger partial charge in [0.2, 0.25) is 0 Å². The van der Waals surface area contributed by atoms with Crippen LogP contribution in [0, 0.1) is 6.92 Å². The molecule has 0 amide bonds. The molecule has 0 aliphatic rings. The molecule has 23 heavy (non-hydrogen) atoms. The molecule has 7 heteroatoms. The van der Waals surface area contributed by atoms with Crippen molar-refractivity contribution >= 4 is 27.3 Å². The molecule has 0 spiro atoms. The Morgan fingerprint density at radius 1 is 1.09 bits per heavy atom. The summed E-state index contributed by atoms with van der Waals surface area (Å²) in [6.07, 6.45) is 0. The average Bonchev–Trinajstić information content (AvgIpc) is 2.51. The van der Waals surface area contributed by atoms with Crippen LogP contribution < -0.4 is 9.46 Å². The topological polar surface area (TPSA) is 64.6 Å². The van der Waals surface area contributed by atoms with E-state index in [1.165, 1.54) is 12.1 Å². The fourth-order valence-electron chi connectivity index (χ4n) is 1.83. The summed E-state index contributed by atoms with van der Waals surface area (Å²) >= 11 is 6.01. The summed E-state index contributed by atoms with van der Waals surface area (Å²) in [5, 5.41) is 0.507. The molecule has 1 N–H and O–H groups in total. The number of hydrogen-bond acceptors (Lipinski definition) is 4. The van der Waals surface area contributed by atoms with Crippen LogP contribution in [-0.4, -0.2) is 28.7 Å². The van der Waals surface area contributed by atoms with Crippen LogP contribution in [0.4, 0.5) is 5.69 Å². The molecule has 0 fully saturated rings. The summed E-state index contributed by atoms with van der Waals surface area (Å²) in [5.41, 5.74) is 1.30. The molecule has 0 bridgehead atoms. The molecule has 0 saturated carbocycles. The van der Waals surface area contributed by atoms with Crippen LogP contribution in [-0.2, 0) is 14.8 Å². The summed E-state index contributed by atoms with van der Waals surface area (Å²) in [6.45, 7) is 2.72. The molecule has 0 aromatic heterocycles. The highest BCUT2D eigenvalue weighted by Crippen LogP contribution is 2.23. The lowest BCUT2D eigenvalue weighted by Gasteiger charge is -2.10. The second-order valence-electron chi connectivity index (χ2n) is 4.88. The highest BCUT2D eigenvalue weighted by atomic mass is 35.5. The summed E-state index contributed by atoms with van der Waals surface area (Å²) in [5.74, 6) is 0.583. The quantitative estimate of drug-likeness (QED) is 0.772. The first-order chi connectivity index (χ1) is 10.9. The van der Waals surface area contributed by atoms with Gasteiger partial charge in [-0.15, -0.1) is 0 Å². The number of aryl methyl sites for hydroxylation is 1. The Labute approximate surface area is 141 Å². The zero-order valence-corrected chi connectivity index (χ0v) is 14.4. The minimum atomic E-state index is -3.67. The molecule has 2 rings (SSSR count). The fraction of sp³-hybridized carbons (Fsp3) is 0.250. The van der Waals surface area contributed by atoms with E-state index in [-0.39, 0.29) is 4.90 Å². The molecule has 2 aromatic rings. The Balaban J connectivity index is 2.11. The van der Waals surface area contributed by atoms with Gasteiger partial charge in [-0.05, 0) is 48.9 Å². The fourth-order valence-corrected chi connectivity index (χ4v) is 3.06. The van der Waals surface area contributed by atoms with Gasteiger partial charge in [-0.2, -0.15) is 0 Å². The van der Waals surface area contributed by atoms with E-state index < -0.39 is 10.0 Å². The van der Waals surface area contributed by atoms with Gasteiger partial charge in [0.1, 0.15) is 12.4 Å². The highest BCUT2D eigenvalue weighted by Gasteiger charge is 2.14. The van der Waals surface area contributed by atoms with Crippen LogP contribution in [0.2, 0.25) is 5.02 Å². The molecule has 0 aliphatic heterocycles. The maximum Gasteiger partial charge on any atom is 0.261 e. The lowest BCUT2D eigenvalue weighted by molar-refractivity contribution is 0.146. The minimum Gasteiger partial charge on any atom is -0.491 e. The number of ether oxygens (including phenoxy) is 2. The van der Waals surface area contributed by atoms with Gasteiger partial charge in [0.05, 0.1) is 17.2 Å². The van der Waals surface area contributed by atoms with Crippen LogP contribution >= 0.6 is 11.6 Å². The Morgan fingerprint density at radius 3 is 2.39 bits per heavy atom. The second kappa shape index (κ2) is 7.68. The van der Waals surface area contributed by atoms with Crippen molar-refractivity contribution in [1.29, 1.82) is 0 Å². The predicted octanol–water partition coefficient (Wildman–Crippen LogP) is 3.47. The van der Waals surface area contributed by atoms with Gasteiger partial charge in [-0.25, -0.2) is 8.42 Å². The Morgan fingerprint density at radius 2 is 1.78 bits per heavy atom. The van der Waals surface area contributed by atoms with E-state index in [1.54, 1.807) is 37.4 Å². The highest BCUT2D eigenvalue weighted by molar-refractivity contribution is 7.92. The molecule has 0 radical (unpaired) electrons. The molecule has 2 aromatic carbocycles. The molecular weight excluding hydrogens is 338 g/mol. The third kappa shape index (κ3) is 4.86. The van der Waals surface area contributed by atoms with Crippen molar-refractivity contribution in [1.82, 2.24) is 0 Å². The maximum absolute atomic E-state index is 12.4. The second-order valence-corrected chi connectivity index (χ2v) is 6.97. The summed E-state index contributed by atoms with van der Waals surface area (Å²) < 4.78 is 37.5. The van der Waals surface area contributed by atoms with Gasteiger partial charge in [0.25, 0.3) is 10.0 Å². The monoisotopic (exact) mass is 355 g/mol. The van der Waals surface area contributed by atoms with Crippen LogP contribution in [0.3, 0.4) is 0 Å². The van der Waals surface area contributed by atoms with Gasteiger partial charge < -0.3 is 9.47 Å². The molecule has 0 heterocycles. The smallest absolute Gasteiger partial charge is 0.261 e.